The number of benzene rings is 4. The summed E-state index contributed by atoms with van der Waals surface area (Å²) in [6.45, 7) is 25.3. The molecule has 0 unspecified atom stereocenters. The Morgan fingerprint density at radius 1 is 0.279 bits per heavy atom. The molecule has 0 amide bonds. The number of hydrogen-bond acceptors (Lipinski definition) is 0. The van der Waals surface area contributed by atoms with Crippen LogP contribution in [0, 0.1) is 111 Å². The van der Waals surface area contributed by atoms with Crippen LogP contribution in [-0.4, -0.2) is 0 Å². The lowest BCUT2D eigenvalue weighted by atomic mass is 9.99. The molecule has 0 aliphatic rings. The molecule has 0 spiro atoms. The highest BCUT2D eigenvalue weighted by Crippen LogP contribution is 2.26. The number of hydrogen-bond donors (Lipinski definition) is 0. The Kier molecular flexibility index (Phi) is 14.6. The normalized spacial score (nSPS) is 12.3. The van der Waals surface area contributed by atoms with Crippen molar-refractivity contribution >= 4 is 0 Å². The van der Waals surface area contributed by atoms with Crippen LogP contribution in [0.3, 0.4) is 0 Å². The molecule has 0 radical (unpaired) electrons. The largest absolute Gasteiger partial charge is 0.212 e. The average molecular weight is 911 g/mol. The van der Waals surface area contributed by atoms with Gasteiger partial charge in [-0.15, -0.1) is 0 Å². The van der Waals surface area contributed by atoms with Crippen LogP contribution in [0.2, 0.25) is 0 Å². The van der Waals surface area contributed by atoms with Gasteiger partial charge in [-0.3, -0.25) is 0 Å². The summed E-state index contributed by atoms with van der Waals surface area (Å²) >= 11 is 0. The zero-order chi connectivity index (χ0) is 55.3. The standard InChI is InChI=1S/4C16H20N/c1-11-6-7-13(3)15(9-11)16-10-12(2)8-14(4)17(16)5;2*1-11-6-7-15(13(3)8-11)16-10-12(2)9-14(4)17(16)5;1-11-9-13(3)17(5)16(10-11)15-8-6-7-12(2)14(15)4/h4*6-10H,1-5H3/q4*+1/i;1D3;;3D3. The van der Waals surface area contributed by atoms with Gasteiger partial charge in [0.2, 0.25) is 22.8 Å². The molecule has 8 rings (SSSR count). The second-order valence-corrected chi connectivity index (χ2v) is 19.1. The van der Waals surface area contributed by atoms with E-state index in [1.54, 1.807) is 22.8 Å². The third-order valence-corrected chi connectivity index (χ3v) is 13.2. The molecule has 0 aliphatic heterocycles. The molecule has 4 heterocycles. The first-order valence-corrected chi connectivity index (χ1v) is 23.7. The van der Waals surface area contributed by atoms with Crippen molar-refractivity contribution in [3.8, 4) is 45.0 Å². The van der Waals surface area contributed by atoms with Gasteiger partial charge < -0.3 is 0 Å². The zero-order valence-electron chi connectivity index (χ0n) is 50.3. The maximum Gasteiger partial charge on any atom is 0.212 e. The van der Waals surface area contributed by atoms with Crippen LogP contribution in [0.5, 0.6) is 0 Å². The lowest BCUT2D eigenvalue weighted by Crippen LogP contribution is -2.35. The SMILES string of the molecule is Cc1ccc(-c2cc(C)cc(C)[n+]2C)c(C)c1.Cc1ccc(C)c(-c2cc(C)cc(C)[n+]2C)c1.[2H]C([2H])([2H])c1cc(C)cc(-c2cccc(C)c2C)[n+]1C.[2H]C([2H])([2H])c1ccc(-c2cc(C)cc(C)[n+]2C)c(C)c1. The Hall–Kier alpha value is -6.52. The summed E-state index contributed by atoms with van der Waals surface area (Å²) in [6.07, 6.45) is 0. The van der Waals surface area contributed by atoms with Gasteiger partial charge in [-0.1, -0.05) is 65.2 Å². The van der Waals surface area contributed by atoms with Crippen molar-refractivity contribution in [2.45, 2.75) is 111 Å². The fraction of sp³-hybridized carbons (Fsp3) is 0.312. The average Bonchev–Trinajstić information content (AvgIpc) is 3.30. The molecule has 0 fully saturated rings. The summed E-state index contributed by atoms with van der Waals surface area (Å²) < 4.78 is 53.9. The molecule has 4 heteroatoms. The second-order valence-electron chi connectivity index (χ2n) is 19.1. The van der Waals surface area contributed by atoms with Crippen LogP contribution in [0.4, 0.5) is 0 Å². The number of nitrogens with zero attached hydrogens (tertiary/aromatic N) is 4. The van der Waals surface area contributed by atoms with Crippen molar-refractivity contribution in [1.29, 1.82) is 0 Å². The molecule has 0 saturated heterocycles. The highest BCUT2D eigenvalue weighted by Gasteiger charge is 2.19. The summed E-state index contributed by atoms with van der Waals surface area (Å²) in [5, 5.41) is 0. The summed E-state index contributed by atoms with van der Waals surface area (Å²) in [7, 11) is 8.11. The highest BCUT2D eigenvalue weighted by atomic mass is 15.0. The van der Waals surface area contributed by atoms with Gasteiger partial charge in [0.05, 0.1) is 0 Å². The predicted octanol–water partition coefficient (Wildman–Crippen LogP) is 13.6. The Labute approximate surface area is 419 Å². The maximum absolute atomic E-state index is 7.68. The molecule has 352 valence electrons. The monoisotopic (exact) mass is 911 g/mol. The molecule has 4 aromatic heterocycles. The van der Waals surface area contributed by atoms with Crippen LogP contribution >= 0.6 is 0 Å². The first-order valence-electron chi connectivity index (χ1n) is 26.7. The van der Waals surface area contributed by atoms with Crippen molar-refractivity contribution < 1.29 is 26.5 Å². The van der Waals surface area contributed by atoms with E-state index >= 15 is 0 Å². The Morgan fingerprint density at radius 3 is 1.12 bits per heavy atom. The van der Waals surface area contributed by atoms with E-state index in [1.807, 2.05) is 52.2 Å². The third kappa shape index (κ3) is 12.7. The van der Waals surface area contributed by atoms with Crippen molar-refractivity contribution in [1.82, 2.24) is 0 Å². The van der Waals surface area contributed by atoms with Gasteiger partial charge in [0.1, 0.15) is 28.2 Å². The van der Waals surface area contributed by atoms with Crippen LogP contribution in [0.1, 0.15) is 97.8 Å². The molecule has 0 atom stereocenters. The topological polar surface area (TPSA) is 15.5 Å². The molecule has 4 nitrogen and oxygen atoms in total. The Morgan fingerprint density at radius 2 is 0.662 bits per heavy atom. The van der Waals surface area contributed by atoms with E-state index in [9.17, 15) is 0 Å². The third-order valence-electron chi connectivity index (χ3n) is 13.2. The minimum Gasteiger partial charge on any atom is -0.199 e. The lowest BCUT2D eigenvalue weighted by molar-refractivity contribution is -0.666. The summed E-state index contributed by atoms with van der Waals surface area (Å²) in [5.74, 6) is 0. The van der Waals surface area contributed by atoms with Gasteiger partial charge >= 0.3 is 0 Å². The van der Waals surface area contributed by atoms with E-state index < -0.39 is 13.7 Å². The molecule has 0 saturated carbocycles. The van der Waals surface area contributed by atoms with E-state index in [-0.39, 0.29) is 0 Å². The number of aryl methyl sites for hydroxylation is 15. The molecular weight excluding hydrogens is 825 g/mol. The van der Waals surface area contributed by atoms with E-state index in [1.165, 1.54) is 89.7 Å². The first kappa shape index (κ1) is 44.0. The first-order chi connectivity index (χ1) is 34.4. The van der Waals surface area contributed by atoms with Crippen molar-refractivity contribution in [3.63, 3.8) is 0 Å². The maximum atomic E-state index is 7.68. The van der Waals surface area contributed by atoms with E-state index in [4.69, 9.17) is 8.22 Å². The highest BCUT2D eigenvalue weighted by molar-refractivity contribution is 5.65. The van der Waals surface area contributed by atoms with Gasteiger partial charge in [0, 0.05) is 107 Å². The summed E-state index contributed by atoms with van der Waals surface area (Å²) in [5.41, 5.74) is 27.5. The molecule has 68 heavy (non-hydrogen) atoms. The van der Waals surface area contributed by atoms with Gasteiger partial charge in [-0.25, -0.2) is 0 Å². The van der Waals surface area contributed by atoms with Crippen molar-refractivity contribution in [3.05, 3.63) is 211 Å². The smallest absolute Gasteiger partial charge is 0.199 e. The van der Waals surface area contributed by atoms with Gasteiger partial charge in [-0.05, 0) is 157 Å². The van der Waals surface area contributed by atoms with E-state index in [2.05, 4.69) is 190 Å². The molecule has 8 aromatic rings. The van der Waals surface area contributed by atoms with Crippen molar-refractivity contribution in [2.75, 3.05) is 0 Å². The van der Waals surface area contributed by atoms with Crippen LogP contribution < -0.4 is 18.3 Å². The summed E-state index contributed by atoms with van der Waals surface area (Å²) in [6, 6.07) is 41.8. The quantitative estimate of drug-likeness (QED) is 0.156. The second kappa shape index (κ2) is 22.5. The van der Waals surface area contributed by atoms with E-state index in [0.717, 1.165) is 33.6 Å². The van der Waals surface area contributed by atoms with Crippen LogP contribution in [0.25, 0.3) is 45.0 Å². The van der Waals surface area contributed by atoms with Crippen LogP contribution in [-0.2, 0) is 28.2 Å². The zero-order valence-corrected chi connectivity index (χ0v) is 44.3. The molecule has 0 N–H and O–H groups in total. The Balaban J connectivity index is 0.000000183. The molecule has 0 bridgehead atoms. The van der Waals surface area contributed by atoms with Gasteiger partial charge in [0.25, 0.3) is 0 Å². The fourth-order valence-electron chi connectivity index (χ4n) is 8.83. The lowest BCUT2D eigenvalue weighted by Gasteiger charge is -2.09. The van der Waals surface area contributed by atoms with Gasteiger partial charge in [0.15, 0.2) is 22.8 Å². The predicted molar refractivity (Wildman–Crippen MR) is 288 cm³/mol. The Bertz CT molecular complexity index is 3340. The minimum atomic E-state index is -2.10. The van der Waals surface area contributed by atoms with Crippen LogP contribution in [0.15, 0.2) is 121 Å². The number of pyridine rings is 4. The van der Waals surface area contributed by atoms with Gasteiger partial charge in [-0.2, -0.15) is 18.3 Å². The molecule has 4 aromatic carbocycles. The van der Waals surface area contributed by atoms with Crippen molar-refractivity contribution in [2.24, 2.45) is 28.2 Å². The minimum absolute atomic E-state index is 0.369. The van der Waals surface area contributed by atoms with E-state index in [0.29, 0.717) is 11.3 Å². The number of rotatable bonds is 4. The number of aromatic nitrogens is 4. The summed E-state index contributed by atoms with van der Waals surface area (Å²) in [4.78, 5) is 0. The molecular formula is C64H80N4+4. The molecule has 0 aliphatic carbocycles. The fourth-order valence-corrected chi connectivity index (χ4v) is 8.83.